The van der Waals surface area contributed by atoms with Crippen molar-refractivity contribution in [3.8, 4) is 11.1 Å². The van der Waals surface area contributed by atoms with Crippen LogP contribution in [0.2, 0.25) is 0 Å². The molecule has 0 N–H and O–H groups in total. The van der Waals surface area contributed by atoms with Crippen LogP contribution in [0.15, 0.2) is 110 Å². The number of hydrogen-bond acceptors (Lipinski definition) is 3. The first-order chi connectivity index (χ1) is 16.1. The van der Waals surface area contributed by atoms with Gasteiger partial charge in [-0.15, -0.1) is 6.58 Å². The maximum Gasteiger partial charge on any atom is 0.159 e. The Bertz CT molecular complexity index is 1330. The van der Waals surface area contributed by atoms with Crippen molar-refractivity contribution in [1.29, 1.82) is 0 Å². The second-order valence-electron chi connectivity index (χ2n) is 9.18. The largest absolute Gasteiger partial charge is 0.316 e. The molecule has 6 rings (SSSR count). The Morgan fingerprint density at radius 2 is 1.52 bits per heavy atom. The van der Waals surface area contributed by atoms with Crippen LogP contribution in [-0.4, -0.2) is 11.1 Å². The van der Waals surface area contributed by atoms with Crippen LogP contribution in [-0.2, 0) is 5.41 Å². The maximum atomic E-state index is 4.97. The third kappa shape index (κ3) is 2.72. The summed E-state index contributed by atoms with van der Waals surface area (Å²) in [5.41, 5.74) is 7.08. The summed E-state index contributed by atoms with van der Waals surface area (Å²) in [5.74, 6) is 1.28. The Balaban J connectivity index is 1.69. The van der Waals surface area contributed by atoms with Gasteiger partial charge >= 0.3 is 0 Å². The summed E-state index contributed by atoms with van der Waals surface area (Å²) >= 11 is 0. The zero-order valence-corrected chi connectivity index (χ0v) is 19.0. The van der Waals surface area contributed by atoms with E-state index in [4.69, 9.17) is 4.98 Å². The lowest BCUT2D eigenvalue weighted by atomic mass is 9.67. The number of hydrogen-bond donors (Lipinski definition) is 0. The lowest BCUT2D eigenvalue weighted by Gasteiger charge is -2.50. The van der Waals surface area contributed by atoms with Gasteiger partial charge in [-0.2, -0.15) is 0 Å². The minimum Gasteiger partial charge on any atom is -0.316 e. The van der Waals surface area contributed by atoms with Gasteiger partial charge < -0.3 is 9.80 Å². The van der Waals surface area contributed by atoms with Gasteiger partial charge in [0.05, 0.1) is 5.69 Å². The number of nitrogens with zero attached hydrogens (tertiary/aromatic N) is 3. The molecule has 3 unspecified atom stereocenters. The van der Waals surface area contributed by atoms with Gasteiger partial charge in [0.1, 0.15) is 6.17 Å². The van der Waals surface area contributed by atoms with Gasteiger partial charge in [-0.05, 0) is 35.4 Å². The van der Waals surface area contributed by atoms with Crippen LogP contribution >= 0.6 is 0 Å². The fourth-order valence-corrected chi connectivity index (χ4v) is 5.64. The molecule has 0 bridgehead atoms. The molecule has 1 aromatic heterocycles. The van der Waals surface area contributed by atoms with E-state index in [1.54, 1.807) is 0 Å². The van der Waals surface area contributed by atoms with E-state index in [1.165, 1.54) is 28.1 Å². The van der Waals surface area contributed by atoms with E-state index in [-0.39, 0.29) is 17.5 Å². The predicted molar refractivity (Wildman–Crippen MR) is 137 cm³/mol. The number of para-hydroxylation sites is 2. The number of aromatic nitrogens is 1. The highest BCUT2D eigenvalue weighted by Gasteiger charge is 2.53. The number of benzene rings is 3. The second-order valence-corrected chi connectivity index (χ2v) is 9.18. The molecule has 3 heteroatoms. The van der Waals surface area contributed by atoms with Crippen molar-refractivity contribution in [2.75, 3.05) is 9.80 Å². The summed E-state index contributed by atoms with van der Waals surface area (Å²) < 4.78 is 0. The van der Waals surface area contributed by atoms with Gasteiger partial charge in [0.25, 0.3) is 0 Å². The Kier molecular flexibility index (Phi) is 4.41. The predicted octanol–water partition coefficient (Wildman–Crippen LogP) is 7.46. The number of fused-ring (bicyclic) bond motifs is 5. The summed E-state index contributed by atoms with van der Waals surface area (Å²) in [6, 6.07) is 32.2. The van der Waals surface area contributed by atoms with Gasteiger partial charge in [-0.3, -0.25) is 0 Å². The Morgan fingerprint density at radius 3 is 2.24 bits per heavy atom. The molecule has 0 fully saturated rings. The lowest BCUT2D eigenvalue weighted by Crippen LogP contribution is -2.54. The van der Waals surface area contributed by atoms with E-state index in [1.807, 2.05) is 6.20 Å². The second kappa shape index (κ2) is 7.35. The van der Waals surface area contributed by atoms with E-state index < -0.39 is 0 Å². The molecule has 0 radical (unpaired) electrons. The molecule has 162 valence electrons. The van der Waals surface area contributed by atoms with Crippen molar-refractivity contribution in [2.24, 2.45) is 5.92 Å². The zero-order chi connectivity index (χ0) is 22.6. The van der Waals surface area contributed by atoms with Gasteiger partial charge in [0, 0.05) is 34.5 Å². The average molecular weight is 430 g/mol. The van der Waals surface area contributed by atoms with Crippen molar-refractivity contribution in [1.82, 2.24) is 4.98 Å². The topological polar surface area (TPSA) is 19.4 Å². The summed E-state index contributed by atoms with van der Waals surface area (Å²) in [5, 5.41) is 0. The Labute approximate surface area is 195 Å². The lowest BCUT2D eigenvalue weighted by molar-refractivity contribution is 0.312. The van der Waals surface area contributed by atoms with Crippen molar-refractivity contribution in [3.05, 3.63) is 115 Å². The van der Waals surface area contributed by atoms with Gasteiger partial charge in [-0.25, -0.2) is 4.98 Å². The SMILES string of the molecule is C=CC1(C)c2ccccc2N2c3nccc(-c4ccccc4)c3N(c3ccccc3)C2C1C. The monoisotopic (exact) mass is 429 g/mol. The van der Waals surface area contributed by atoms with Crippen molar-refractivity contribution >= 4 is 22.9 Å². The molecule has 0 spiro atoms. The molecule has 3 nitrogen and oxygen atoms in total. The van der Waals surface area contributed by atoms with Crippen molar-refractivity contribution in [2.45, 2.75) is 25.4 Å². The van der Waals surface area contributed by atoms with Crippen molar-refractivity contribution in [3.63, 3.8) is 0 Å². The first-order valence-electron chi connectivity index (χ1n) is 11.6. The molecule has 33 heavy (non-hydrogen) atoms. The van der Waals surface area contributed by atoms with E-state index in [9.17, 15) is 0 Å². The molecule has 0 saturated carbocycles. The summed E-state index contributed by atoms with van der Waals surface area (Å²) in [6.45, 7) is 8.94. The molecule has 3 aromatic carbocycles. The van der Waals surface area contributed by atoms with E-state index in [2.05, 4.69) is 127 Å². The fraction of sp³-hybridized carbons (Fsp3) is 0.167. The highest BCUT2D eigenvalue weighted by molar-refractivity contribution is 5.97. The summed E-state index contributed by atoms with van der Waals surface area (Å²) in [6.07, 6.45) is 4.16. The number of anilines is 4. The van der Waals surface area contributed by atoms with E-state index in [0.29, 0.717) is 0 Å². The third-order valence-electron chi connectivity index (χ3n) is 7.58. The molecular formula is C30H27N3. The quantitative estimate of drug-likeness (QED) is 0.315. The molecule has 0 amide bonds. The standard InChI is InChI=1S/C30H27N3/c1-4-30(3)21(2)29-32(23-15-9-6-10-16-23)27-24(22-13-7-5-8-14-22)19-20-31-28(27)33(29)26-18-12-11-17-25(26)30/h4-21,29H,1H2,2-3H3. The molecule has 0 aliphatic carbocycles. The zero-order valence-electron chi connectivity index (χ0n) is 19.0. The Morgan fingerprint density at radius 1 is 0.848 bits per heavy atom. The number of pyridine rings is 1. The highest BCUT2D eigenvalue weighted by atomic mass is 15.5. The van der Waals surface area contributed by atoms with Gasteiger partial charge in [0.2, 0.25) is 0 Å². The molecule has 4 aromatic rings. The van der Waals surface area contributed by atoms with Crippen molar-refractivity contribution < 1.29 is 0 Å². The molecule has 2 aliphatic heterocycles. The van der Waals surface area contributed by atoms with E-state index in [0.717, 1.165) is 11.5 Å². The molecule has 2 aliphatic rings. The maximum absolute atomic E-state index is 4.97. The molecule has 3 heterocycles. The summed E-state index contributed by atoms with van der Waals surface area (Å²) in [7, 11) is 0. The minimum atomic E-state index is -0.167. The van der Waals surface area contributed by atoms with Crippen LogP contribution in [0, 0.1) is 5.92 Å². The van der Waals surface area contributed by atoms with Crippen LogP contribution in [0.4, 0.5) is 22.9 Å². The molecule has 3 atom stereocenters. The smallest absolute Gasteiger partial charge is 0.159 e. The first-order valence-corrected chi connectivity index (χ1v) is 11.6. The average Bonchev–Trinajstić information content (AvgIpc) is 3.24. The Hall–Kier alpha value is -3.85. The first kappa shape index (κ1) is 19.8. The highest BCUT2D eigenvalue weighted by Crippen LogP contribution is 2.59. The molecule has 0 saturated heterocycles. The molecular weight excluding hydrogens is 402 g/mol. The van der Waals surface area contributed by atoms with Crippen LogP contribution in [0.3, 0.4) is 0 Å². The van der Waals surface area contributed by atoms with E-state index >= 15 is 0 Å². The van der Waals surface area contributed by atoms with Gasteiger partial charge in [-0.1, -0.05) is 86.7 Å². The number of allylic oxidation sites excluding steroid dienone is 1. The van der Waals surface area contributed by atoms with Crippen LogP contribution in [0.25, 0.3) is 11.1 Å². The van der Waals surface area contributed by atoms with Gasteiger partial charge in [0.15, 0.2) is 5.82 Å². The van der Waals surface area contributed by atoms with Crippen LogP contribution < -0.4 is 9.80 Å². The summed E-state index contributed by atoms with van der Waals surface area (Å²) in [4.78, 5) is 9.91. The van der Waals surface area contributed by atoms with Crippen LogP contribution in [0.5, 0.6) is 0 Å². The normalized spacial score (nSPS) is 23.0. The minimum absolute atomic E-state index is 0.0812. The van der Waals surface area contributed by atoms with Crippen LogP contribution in [0.1, 0.15) is 19.4 Å². The number of rotatable bonds is 3. The third-order valence-corrected chi connectivity index (χ3v) is 7.58. The fourth-order valence-electron chi connectivity index (χ4n) is 5.64.